The Morgan fingerprint density at radius 2 is 2.29 bits per heavy atom. The number of ether oxygens (including phenoxy) is 1. The Kier molecular flexibility index (Phi) is 3.09. The van der Waals surface area contributed by atoms with Gasteiger partial charge in [0.25, 0.3) is 6.01 Å². The van der Waals surface area contributed by atoms with Crippen LogP contribution < -0.4 is 5.32 Å². The molecular formula is C12H12N2O3. The molecule has 0 amide bonds. The van der Waals surface area contributed by atoms with Gasteiger partial charge in [-0.1, -0.05) is 12.1 Å². The molecule has 1 N–H and O–H groups in total. The Morgan fingerprint density at radius 3 is 3.00 bits per heavy atom. The fourth-order valence-electron chi connectivity index (χ4n) is 1.37. The number of methoxy groups -OCH3 is 1. The first-order valence-electron chi connectivity index (χ1n) is 5.07. The maximum atomic E-state index is 11.1. The summed E-state index contributed by atoms with van der Waals surface area (Å²) in [6.45, 7) is 1.99. The number of aromatic nitrogens is 1. The van der Waals surface area contributed by atoms with E-state index in [1.807, 2.05) is 31.2 Å². The highest BCUT2D eigenvalue weighted by Crippen LogP contribution is 2.17. The van der Waals surface area contributed by atoms with Crippen LogP contribution in [0.4, 0.5) is 11.7 Å². The summed E-state index contributed by atoms with van der Waals surface area (Å²) < 4.78 is 9.70. The largest absolute Gasteiger partial charge is 0.463 e. The topological polar surface area (TPSA) is 64.4 Å². The molecule has 0 radical (unpaired) electrons. The second-order valence-corrected chi connectivity index (χ2v) is 3.52. The van der Waals surface area contributed by atoms with Crippen molar-refractivity contribution in [2.75, 3.05) is 12.4 Å². The van der Waals surface area contributed by atoms with E-state index in [0.29, 0.717) is 0 Å². The molecule has 2 rings (SSSR count). The van der Waals surface area contributed by atoms with Crippen LogP contribution in [0.1, 0.15) is 16.1 Å². The van der Waals surface area contributed by atoms with E-state index in [9.17, 15) is 4.79 Å². The van der Waals surface area contributed by atoms with Crippen molar-refractivity contribution < 1.29 is 13.9 Å². The molecule has 2 aromatic rings. The highest BCUT2D eigenvalue weighted by atomic mass is 16.5. The number of anilines is 2. The summed E-state index contributed by atoms with van der Waals surface area (Å²) in [6, 6.07) is 8.00. The van der Waals surface area contributed by atoms with Crippen molar-refractivity contribution in [3.63, 3.8) is 0 Å². The van der Waals surface area contributed by atoms with Gasteiger partial charge in [0.2, 0.25) is 5.76 Å². The Hall–Kier alpha value is -2.30. The van der Waals surface area contributed by atoms with Crippen molar-refractivity contribution in [1.82, 2.24) is 4.98 Å². The van der Waals surface area contributed by atoms with Crippen LogP contribution in [0.2, 0.25) is 0 Å². The maximum absolute atomic E-state index is 11.1. The number of hydrogen-bond acceptors (Lipinski definition) is 5. The molecule has 88 valence electrons. The molecular weight excluding hydrogens is 220 g/mol. The molecule has 0 saturated heterocycles. The Morgan fingerprint density at radius 1 is 1.47 bits per heavy atom. The van der Waals surface area contributed by atoms with E-state index in [2.05, 4.69) is 15.0 Å². The number of benzene rings is 1. The number of rotatable bonds is 3. The number of carbonyl (C=O) groups is 1. The monoisotopic (exact) mass is 232 g/mol. The Bertz CT molecular complexity index is 534. The average Bonchev–Trinajstić information content (AvgIpc) is 2.76. The zero-order valence-corrected chi connectivity index (χ0v) is 9.56. The van der Waals surface area contributed by atoms with Gasteiger partial charge in [0.05, 0.1) is 13.3 Å². The molecule has 0 bridgehead atoms. The van der Waals surface area contributed by atoms with Crippen LogP contribution in [-0.2, 0) is 4.74 Å². The highest BCUT2D eigenvalue weighted by molar-refractivity contribution is 5.86. The van der Waals surface area contributed by atoms with Gasteiger partial charge in [0.15, 0.2) is 0 Å². The summed E-state index contributed by atoms with van der Waals surface area (Å²) in [5.74, 6) is -0.475. The van der Waals surface area contributed by atoms with E-state index in [0.717, 1.165) is 11.3 Å². The highest BCUT2D eigenvalue weighted by Gasteiger charge is 2.12. The number of oxazole rings is 1. The lowest BCUT2D eigenvalue weighted by Gasteiger charge is -2.01. The predicted molar refractivity (Wildman–Crippen MR) is 62.3 cm³/mol. The average molecular weight is 232 g/mol. The first-order chi connectivity index (χ1) is 8.19. The van der Waals surface area contributed by atoms with Crippen LogP contribution in [0.5, 0.6) is 0 Å². The molecule has 0 fully saturated rings. The summed E-state index contributed by atoms with van der Waals surface area (Å²) in [4.78, 5) is 15.1. The van der Waals surface area contributed by atoms with Gasteiger partial charge in [-0.25, -0.2) is 9.78 Å². The van der Waals surface area contributed by atoms with Gasteiger partial charge in [-0.2, -0.15) is 0 Å². The van der Waals surface area contributed by atoms with Crippen LogP contribution in [-0.4, -0.2) is 18.1 Å². The lowest BCUT2D eigenvalue weighted by atomic mass is 10.2. The molecule has 0 aliphatic rings. The van der Waals surface area contributed by atoms with Gasteiger partial charge in [0.1, 0.15) is 0 Å². The first-order valence-corrected chi connectivity index (χ1v) is 5.07. The summed E-state index contributed by atoms with van der Waals surface area (Å²) in [6.07, 6.45) is 1.32. The summed E-state index contributed by atoms with van der Waals surface area (Å²) >= 11 is 0. The fourth-order valence-corrected chi connectivity index (χ4v) is 1.37. The minimum atomic E-state index is -0.546. The van der Waals surface area contributed by atoms with Gasteiger partial charge >= 0.3 is 5.97 Å². The number of nitrogens with zero attached hydrogens (tertiary/aromatic N) is 1. The summed E-state index contributed by atoms with van der Waals surface area (Å²) in [5.41, 5.74) is 1.97. The number of nitrogens with one attached hydrogen (secondary N) is 1. The predicted octanol–water partition coefficient (Wildman–Crippen LogP) is 2.51. The van der Waals surface area contributed by atoms with Crippen LogP contribution >= 0.6 is 0 Å². The SMILES string of the molecule is COC(=O)c1cnc(Nc2cccc(C)c2)o1. The quantitative estimate of drug-likeness (QED) is 0.824. The molecule has 0 unspecified atom stereocenters. The molecule has 1 aromatic carbocycles. The van der Waals surface area contributed by atoms with Crippen LogP contribution in [0, 0.1) is 6.92 Å². The third-order valence-corrected chi connectivity index (χ3v) is 2.16. The lowest BCUT2D eigenvalue weighted by Crippen LogP contribution is -1.98. The fraction of sp³-hybridized carbons (Fsp3) is 0.167. The zero-order valence-electron chi connectivity index (χ0n) is 9.56. The smallest absolute Gasteiger partial charge is 0.375 e. The first kappa shape index (κ1) is 11.2. The van der Waals surface area contributed by atoms with Crippen molar-refractivity contribution in [2.24, 2.45) is 0 Å². The summed E-state index contributed by atoms with van der Waals surface area (Å²) in [5, 5.41) is 2.96. The maximum Gasteiger partial charge on any atom is 0.375 e. The molecule has 0 spiro atoms. The third kappa shape index (κ3) is 2.63. The van der Waals surface area contributed by atoms with Gasteiger partial charge in [0, 0.05) is 5.69 Å². The molecule has 17 heavy (non-hydrogen) atoms. The van der Waals surface area contributed by atoms with E-state index >= 15 is 0 Å². The molecule has 5 nitrogen and oxygen atoms in total. The van der Waals surface area contributed by atoms with E-state index < -0.39 is 5.97 Å². The third-order valence-electron chi connectivity index (χ3n) is 2.16. The standard InChI is InChI=1S/C12H12N2O3/c1-8-4-3-5-9(6-8)14-12-13-7-10(17-12)11(15)16-2/h3-7H,1-2H3,(H,13,14). The van der Waals surface area contributed by atoms with Crippen molar-refractivity contribution in [2.45, 2.75) is 6.92 Å². The Balaban J connectivity index is 2.14. The zero-order chi connectivity index (χ0) is 12.3. The lowest BCUT2D eigenvalue weighted by molar-refractivity contribution is 0.0566. The van der Waals surface area contributed by atoms with Crippen molar-refractivity contribution in [1.29, 1.82) is 0 Å². The minimum Gasteiger partial charge on any atom is -0.463 e. The second kappa shape index (κ2) is 4.69. The van der Waals surface area contributed by atoms with E-state index in [-0.39, 0.29) is 11.8 Å². The Labute approximate surface area is 98.4 Å². The number of carbonyl (C=O) groups excluding carboxylic acids is 1. The normalized spacial score (nSPS) is 10.0. The molecule has 1 aromatic heterocycles. The van der Waals surface area contributed by atoms with Crippen molar-refractivity contribution in [3.8, 4) is 0 Å². The van der Waals surface area contributed by atoms with E-state index in [1.165, 1.54) is 13.3 Å². The van der Waals surface area contributed by atoms with Crippen LogP contribution in [0.15, 0.2) is 34.9 Å². The molecule has 0 atom stereocenters. The van der Waals surface area contributed by atoms with E-state index in [4.69, 9.17) is 4.42 Å². The number of aryl methyl sites for hydroxylation is 1. The van der Waals surface area contributed by atoms with Gasteiger partial charge in [-0.15, -0.1) is 0 Å². The van der Waals surface area contributed by atoms with Crippen LogP contribution in [0.25, 0.3) is 0 Å². The second-order valence-electron chi connectivity index (χ2n) is 3.52. The van der Waals surface area contributed by atoms with Crippen LogP contribution in [0.3, 0.4) is 0 Å². The molecule has 0 aliphatic carbocycles. The van der Waals surface area contributed by atoms with Crippen molar-refractivity contribution in [3.05, 3.63) is 41.8 Å². The summed E-state index contributed by atoms with van der Waals surface area (Å²) in [7, 11) is 1.29. The molecule has 5 heteroatoms. The molecule has 1 heterocycles. The minimum absolute atomic E-state index is 0.0719. The van der Waals surface area contributed by atoms with E-state index in [1.54, 1.807) is 0 Å². The van der Waals surface area contributed by atoms with Gasteiger partial charge in [-0.3, -0.25) is 0 Å². The number of hydrogen-bond donors (Lipinski definition) is 1. The number of esters is 1. The van der Waals surface area contributed by atoms with Crippen molar-refractivity contribution >= 4 is 17.7 Å². The molecule has 0 saturated carbocycles. The molecule has 0 aliphatic heterocycles. The van der Waals surface area contributed by atoms with Gasteiger partial charge in [-0.05, 0) is 24.6 Å². The van der Waals surface area contributed by atoms with Gasteiger partial charge < -0.3 is 14.5 Å².